The van der Waals surface area contributed by atoms with E-state index in [2.05, 4.69) is 5.10 Å². The second-order valence-corrected chi connectivity index (χ2v) is 3.17. The van der Waals surface area contributed by atoms with Crippen molar-refractivity contribution in [3.8, 4) is 0 Å². The van der Waals surface area contributed by atoms with Gasteiger partial charge in [-0.15, -0.1) is 0 Å². The lowest BCUT2D eigenvalue weighted by Gasteiger charge is -2.04. The molecule has 0 aliphatic heterocycles. The lowest BCUT2D eigenvalue weighted by molar-refractivity contribution is 0.193. The van der Waals surface area contributed by atoms with E-state index in [-0.39, 0.29) is 5.43 Å². The fraction of sp³-hybridized carbons (Fsp3) is 0.100. The van der Waals surface area contributed by atoms with Gasteiger partial charge in [-0.3, -0.25) is 4.79 Å². The van der Waals surface area contributed by atoms with E-state index in [1.165, 1.54) is 0 Å². The quantitative estimate of drug-likeness (QED) is 0.700. The molecule has 0 atom stereocenters. The maximum Gasteiger partial charge on any atom is 0.432 e. The number of nitrogens with zero attached hydrogens (tertiary/aromatic N) is 2. The van der Waals surface area contributed by atoms with Crippen LogP contribution < -0.4 is 5.43 Å². The number of hydrogen-bond acceptors (Lipinski definition) is 3. The Morgan fingerprint density at radius 2 is 2.20 bits per heavy atom. The van der Waals surface area contributed by atoms with Crippen LogP contribution in [0.3, 0.4) is 0 Å². The Bertz CT molecular complexity index is 601. The van der Waals surface area contributed by atoms with Crippen LogP contribution in [0.1, 0.15) is 5.56 Å². The predicted octanol–water partition coefficient (Wildman–Crippen LogP) is 1.23. The van der Waals surface area contributed by atoms with Crippen LogP contribution in [0.2, 0.25) is 0 Å². The highest BCUT2D eigenvalue weighted by molar-refractivity contribution is 5.88. The Balaban J connectivity index is 3.01. The maximum absolute atomic E-state index is 11.5. The predicted molar refractivity (Wildman–Crippen MR) is 54.2 cm³/mol. The average Bonchev–Trinajstić information content (AvgIpc) is 2.17. The third-order valence-corrected chi connectivity index (χ3v) is 2.20. The Hall–Kier alpha value is -2.17. The van der Waals surface area contributed by atoms with E-state index in [9.17, 15) is 9.59 Å². The van der Waals surface area contributed by atoms with Crippen LogP contribution in [-0.4, -0.2) is 21.0 Å². The van der Waals surface area contributed by atoms with Gasteiger partial charge in [0.1, 0.15) is 0 Å². The van der Waals surface area contributed by atoms with Gasteiger partial charge in [-0.25, -0.2) is 4.79 Å². The zero-order valence-corrected chi connectivity index (χ0v) is 7.97. The van der Waals surface area contributed by atoms with Crippen LogP contribution in [0.4, 0.5) is 4.79 Å². The third kappa shape index (κ3) is 1.38. The van der Waals surface area contributed by atoms with Gasteiger partial charge in [-0.1, -0.05) is 12.1 Å². The number of carboxylic acid groups (broad SMARTS) is 1. The summed E-state index contributed by atoms with van der Waals surface area (Å²) in [7, 11) is 0. The molecule has 2 rings (SSSR count). The van der Waals surface area contributed by atoms with E-state index in [1.807, 2.05) is 0 Å². The van der Waals surface area contributed by atoms with Crippen molar-refractivity contribution in [3.05, 3.63) is 40.2 Å². The fourth-order valence-electron chi connectivity index (χ4n) is 1.54. The van der Waals surface area contributed by atoms with Crippen molar-refractivity contribution in [3.63, 3.8) is 0 Å². The molecule has 1 N–H and O–H groups in total. The molecule has 2 aromatic rings. The minimum atomic E-state index is -1.20. The number of hydrogen-bond donors (Lipinski definition) is 1. The largest absolute Gasteiger partial charge is 0.463 e. The Morgan fingerprint density at radius 3 is 2.87 bits per heavy atom. The van der Waals surface area contributed by atoms with Crippen LogP contribution in [0.5, 0.6) is 0 Å². The van der Waals surface area contributed by atoms with Gasteiger partial charge in [0.2, 0.25) is 5.43 Å². The van der Waals surface area contributed by atoms with Crippen LogP contribution in [0.15, 0.2) is 29.2 Å². The molecule has 5 heteroatoms. The molecular weight excluding hydrogens is 196 g/mol. The molecule has 1 aromatic heterocycles. The van der Waals surface area contributed by atoms with Crippen LogP contribution in [0.25, 0.3) is 10.9 Å². The molecule has 0 spiro atoms. The molecule has 0 unspecified atom stereocenters. The van der Waals surface area contributed by atoms with Crippen molar-refractivity contribution in [1.82, 2.24) is 9.78 Å². The molecule has 1 heterocycles. The molecule has 0 saturated carbocycles. The molecule has 0 fully saturated rings. The summed E-state index contributed by atoms with van der Waals surface area (Å²) in [5.41, 5.74) is 0.797. The number of aromatic nitrogens is 2. The second kappa shape index (κ2) is 3.20. The molecule has 0 aliphatic rings. The summed E-state index contributed by atoms with van der Waals surface area (Å²) in [6.45, 7) is 1.76. The summed E-state index contributed by atoms with van der Waals surface area (Å²) in [6.07, 6.45) is -0.186. The summed E-state index contributed by atoms with van der Waals surface area (Å²) in [4.78, 5) is 22.3. The van der Waals surface area contributed by atoms with Crippen LogP contribution in [-0.2, 0) is 0 Å². The zero-order valence-electron chi connectivity index (χ0n) is 7.97. The van der Waals surface area contributed by atoms with E-state index in [0.717, 1.165) is 16.4 Å². The van der Waals surface area contributed by atoms with E-state index in [1.54, 1.807) is 25.1 Å². The normalized spacial score (nSPS) is 10.5. The monoisotopic (exact) mass is 204 g/mol. The Morgan fingerprint density at radius 1 is 1.47 bits per heavy atom. The summed E-state index contributed by atoms with van der Waals surface area (Å²) in [5, 5.41) is 12.8. The first-order valence-electron chi connectivity index (χ1n) is 4.32. The van der Waals surface area contributed by atoms with Crippen LogP contribution in [0, 0.1) is 6.92 Å². The zero-order chi connectivity index (χ0) is 11.0. The minimum Gasteiger partial charge on any atom is -0.463 e. The standard InChI is InChI=1S/C10H8N2O3/c1-6-3-2-4-7-9(6)8(13)5-11-12(7)10(14)15/h2-5H,1H3,(H,14,15). The summed E-state index contributed by atoms with van der Waals surface area (Å²) in [5.74, 6) is 0. The fourth-order valence-corrected chi connectivity index (χ4v) is 1.54. The van der Waals surface area contributed by atoms with E-state index in [0.29, 0.717) is 10.9 Å². The first kappa shape index (κ1) is 9.39. The summed E-state index contributed by atoms with van der Waals surface area (Å²) in [6, 6.07) is 5.01. The first-order valence-corrected chi connectivity index (χ1v) is 4.32. The molecule has 0 bridgehead atoms. The highest BCUT2D eigenvalue weighted by atomic mass is 16.4. The minimum absolute atomic E-state index is 0.263. The SMILES string of the molecule is Cc1cccc2c1c(=O)cnn2C(=O)O. The smallest absolute Gasteiger partial charge is 0.432 e. The van der Waals surface area contributed by atoms with Crippen molar-refractivity contribution in [2.45, 2.75) is 6.92 Å². The van der Waals surface area contributed by atoms with Gasteiger partial charge in [0.25, 0.3) is 0 Å². The summed E-state index contributed by atoms with van der Waals surface area (Å²) < 4.78 is 0.795. The second-order valence-electron chi connectivity index (χ2n) is 3.17. The number of benzene rings is 1. The third-order valence-electron chi connectivity index (χ3n) is 2.20. The van der Waals surface area contributed by atoms with Crippen molar-refractivity contribution in [1.29, 1.82) is 0 Å². The Labute approximate surface area is 84.6 Å². The summed E-state index contributed by atoms with van der Waals surface area (Å²) >= 11 is 0. The lowest BCUT2D eigenvalue weighted by Crippen LogP contribution is -2.18. The van der Waals surface area contributed by atoms with Crippen LogP contribution >= 0.6 is 0 Å². The number of fused-ring (bicyclic) bond motifs is 1. The van der Waals surface area contributed by atoms with Gasteiger partial charge >= 0.3 is 6.09 Å². The van der Waals surface area contributed by atoms with Gasteiger partial charge in [0.15, 0.2) is 0 Å². The van der Waals surface area contributed by atoms with Crippen molar-refractivity contribution in [2.24, 2.45) is 0 Å². The number of aryl methyl sites for hydroxylation is 1. The molecule has 76 valence electrons. The van der Waals surface area contributed by atoms with E-state index >= 15 is 0 Å². The lowest BCUT2D eigenvalue weighted by atomic mass is 10.1. The number of carbonyl (C=O) groups is 1. The van der Waals surface area contributed by atoms with Crippen molar-refractivity contribution >= 4 is 17.0 Å². The topological polar surface area (TPSA) is 72.2 Å². The average molecular weight is 204 g/mol. The highest BCUT2D eigenvalue weighted by Gasteiger charge is 2.09. The van der Waals surface area contributed by atoms with Gasteiger partial charge < -0.3 is 5.11 Å². The molecule has 0 aliphatic carbocycles. The molecule has 15 heavy (non-hydrogen) atoms. The highest BCUT2D eigenvalue weighted by Crippen LogP contribution is 2.12. The van der Waals surface area contributed by atoms with Gasteiger partial charge in [-0.05, 0) is 18.6 Å². The molecular formula is C10H8N2O3. The molecule has 5 nitrogen and oxygen atoms in total. The molecule has 0 saturated heterocycles. The first-order chi connectivity index (χ1) is 7.11. The van der Waals surface area contributed by atoms with Gasteiger partial charge in [0.05, 0.1) is 17.1 Å². The van der Waals surface area contributed by atoms with Crippen molar-refractivity contribution in [2.75, 3.05) is 0 Å². The number of rotatable bonds is 0. The van der Waals surface area contributed by atoms with Gasteiger partial charge in [-0.2, -0.15) is 9.78 Å². The maximum atomic E-state index is 11.5. The molecule has 1 aromatic carbocycles. The molecule has 0 radical (unpaired) electrons. The van der Waals surface area contributed by atoms with E-state index < -0.39 is 6.09 Å². The van der Waals surface area contributed by atoms with E-state index in [4.69, 9.17) is 5.11 Å². The van der Waals surface area contributed by atoms with Crippen molar-refractivity contribution < 1.29 is 9.90 Å². The Kier molecular flexibility index (Phi) is 2.00. The van der Waals surface area contributed by atoms with Gasteiger partial charge in [0, 0.05) is 0 Å². The molecule has 0 amide bonds.